The molecule has 1 amide bonds. The standard InChI is InChI=1S/C25H35F3N4O2/c26-25(27,28)19-5-6-22-18(15-19)16-21(24(33)29-7-8-30-11-13-34-14-12-30)23-17-31(9-10-32(22)23)20-3-1-2-4-20/h5-6,15,20-21,23H,1-4,7-14,16-17H2,(H,29,33)/t21-,23-/m1/s1. The molecule has 0 spiro atoms. The summed E-state index contributed by atoms with van der Waals surface area (Å²) in [6.45, 7) is 6.89. The smallest absolute Gasteiger partial charge is 0.379 e. The van der Waals surface area contributed by atoms with Crippen molar-refractivity contribution in [2.24, 2.45) is 5.92 Å². The van der Waals surface area contributed by atoms with Crippen LogP contribution in [0.25, 0.3) is 0 Å². The number of amides is 1. The van der Waals surface area contributed by atoms with Gasteiger partial charge in [-0.15, -0.1) is 0 Å². The number of halogens is 3. The van der Waals surface area contributed by atoms with Crippen LogP contribution in [0, 0.1) is 5.92 Å². The number of hydrogen-bond donors (Lipinski definition) is 1. The van der Waals surface area contributed by atoms with Crippen LogP contribution in [0.5, 0.6) is 0 Å². The Morgan fingerprint density at radius 1 is 1.09 bits per heavy atom. The lowest BCUT2D eigenvalue weighted by Crippen LogP contribution is -2.62. The molecule has 3 heterocycles. The van der Waals surface area contributed by atoms with Gasteiger partial charge in [0.25, 0.3) is 0 Å². The number of nitrogens with one attached hydrogen (secondary N) is 1. The first-order valence-corrected chi connectivity index (χ1v) is 12.7. The number of alkyl halides is 3. The highest BCUT2D eigenvalue weighted by Crippen LogP contribution is 2.40. The highest BCUT2D eigenvalue weighted by Gasteiger charge is 2.43. The highest BCUT2D eigenvalue weighted by atomic mass is 19.4. The van der Waals surface area contributed by atoms with E-state index in [1.165, 1.54) is 37.8 Å². The van der Waals surface area contributed by atoms with Crippen molar-refractivity contribution in [3.05, 3.63) is 29.3 Å². The number of carbonyl (C=O) groups is 1. The zero-order chi connectivity index (χ0) is 23.7. The molecule has 188 valence electrons. The van der Waals surface area contributed by atoms with Crippen molar-refractivity contribution in [2.75, 3.05) is 63.9 Å². The zero-order valence-electron chi connectivity index (χ0n) is 19.7. The minimum atomic E-state index is -4.39. The molecule has 3 aliphatic heterocycles. The van der Waals surface area contributed by atoms with Gasteiger partial charge in [0.2, 0.25) is 5.91 Å². The quantitative estimate of drug-likeness (QED) is 0.703. The lowest BCUT2D eigenvalue weighted by Gasteiger charge is -2.50. The van der Waals surface area contributed by atoms with Gasteiger partial charge in [-0.3, -0.25) is 14.6 Å². The number of morpholine rings is 1. The van der Waals surface area contributed by atoms with E-state index in [0.29, 0.717) is 37.8 Å². The lowest BCUT2D eigenvalue weighted by molar-refractivity contribution is -0.137. The number of piperazine rings is 1. The Morgan fingerprint density at radius 2 is 1.85 bits per heavy atom. The summed E-state index contributed by atoms with van der Waals surface area (Å²) >= 11 is 0. The van der Waals surface area contributed by atoms with Gasteiger partial charge in [0.05, 0.1) is 30.7 Å². The molecule has 9 heteroatoms. The average Bonchev–Trinajstić information content (AvgIpc) is 3.38. The highest BCUT2D eigenvalue weighted by molar-refractivity contribution is 5.82. The van der Waals surface area contributed by atoms with E-state index >= 15 is 0 Å². The molecule has 0 radical (unpaired) electrons. The fourth-order valence-corrected chi connectivity index (χ4v) is 6.22. The van der Waals surface area contributed by atoms with Gasteiger partial charge in [-0.2, -0.15) is 13.2 Å². The zero-order valence-corrected chi connectivity index (χ0v) is 19.7. The van der Waals surface area contributed by atoms with Crippen LogP contribution in [0.1, 0.15) is 36.8 Å². The van der Waals surface area contributed by atoms with E-state index in [9.17, 15) is 18.0 Å². The number of hydrogen-bond acceptors (Lipinski definition) is 5. The Balaban J connectivity index is 1.33. The molecule has 0 aromatic heterocycles. The van der Waals surface area contributed by atoms with E-state index in [0.717, 1.165) is 45.0 Å². The summed E-state index contributed by atoms with van der Waals surface area (Å²) in [4.78, 5) is 20.4. The van der Waals surface area contributed by atoms with Crippen molar-refractivity contribution >= 4 is 11.6 Å². The molecule has 1 aromatic carbocycles. The Bertz CT molecular complexity index is 868. The van der Waals surface area contributed by atoms with E-state index in [-0.39, 0.29) is 17.9 Å². The second-order valence-corrected chi connectivity index (χ2v) is 10.1. The summed E-state index contributed by atoms with van der Waals surface area (Å²) in [5, 5.41) is 3.10. The van der Waals surface area contributed by atoms with E-state index in [4.69, 9.17) is 4.74 Å². The summed E-state index contributed by atoms with van der Waals surface area (Å²) in [5.74, 6) is -0.399. The normalized spacial score (nSPS) is 26.9. The van der Waals surface area contributed by atoms with Gasteiger partial charge in [-0.05, 0) is 43.0 Å². The molecule has 4 aliphatic rings. The van der Waals surface area contributed by atoms with Gasteiger partial charge in [-0.25, -0.2) is 0 Å². The van der Waals surface area contributed by atoms with Crippen molar-refractivity contribution in [1.29, 1.82) is 0 Å². The van der Waals surface area contributed by atoms with E-state index in [1.54, 1.807) is 6.07 Å². The molecule has 5 rings (SSSR count). The fourth-order valence-electron chi connectivity index (χ4n) is 6.22. The van der Waals surface area contributed by atoms with Crippen LogP contribution >= 0.6 is 0 Å². The molecule has 3 fully saturated rings. The monoisotopic (exact) mass is 480 g/mol. The molecular formula is C25H35F3N4O2. The summed E-state index contributed by atoms with van der Waals surface area (Å²) in [6.07, 6.45) is 0.878. The van der Waals surface area contributed by atoms with E-state index < -0.39 is 11.7 Å². The van der Waals surface area contributed by atoms with Crippen molar-refractivity contribution in [3.63, 3.8) is 0 Å². The van der Waals surface area contributed by atoms with Crippen LogP contribution in [-0.2, 0) is 22.1 Å². The maximum Gasteiger partial charge on any atom is 0.416 e. The predicted octanol–water partition coefficient (Wildman–Crippen LogP) is 2.76. The van der Waals surface area contributed by atoms with Crippen LogP contribution < -0.4 is 10.2 Å². The third kappa shape index (κ3) is 5.06. The van der Waals surface area contributed by atoms with Gasteiger partial charge in [0, 0.05) is 57.5 Å². The van der Waals surface area contributed by atoms with Gasteiger partial charge >= 0.3 is 6.18 Å². The number of carbonyl (C=O) groups excluding carboxylic acids is 1. The number of rotatable bonds is 5. The third-order valence-corrected chi connectivity index (χ3v) is 8.08. The number of nitrogens with zero attached hydrogens (tertiary/aromatic N) is 3. The molecule has 1 saturated carbocycles. The minimum absolute atomic E-state index is 0.0121. The molecule has 1 aliphatic carbocycles. The first-order chi connectivity index (χ1) is 16.4. The predicted molar refractivity (Wildman–Crippen MR) is 124 cm³/mol. The summed E-state index contributed by atoms with van der Waals surface area (Å²) in [5.41, 5.74) is 0.857. The van der Waals surface area contributed by atoms with Gasteiger partial charge in [-0.1, -0.05) is 12.8 Å². The molecule has 34 heavy (non-hydrogen) atoms. The lowest BCUT2D eigenvalue weighted by atomic mass is 9.82. The van der Waals surface area contributed by atoms with Crippen molar-refractivity contribution < 1.29 is 22.7 Å². The Kier molecular flexibility index (Phi) is 7.04. The number of fused-ring (bicyclic) bond motifs is 3. The van der Waals surface area contributed by atoms with Crippen molar-refractivity contribution in [3.8, 4) is 0 Å². The Hall–Kier alpha value is -1.84. The van der Waals surface area contributed by atoms with Gasteiger partial charge < -0.3 is 15.0 Å². The molecule has 6 nitrogen and oxygen atoms in total. The Morgan fingerprint density at radius 3 is 2.59 bits per heavy atom. The summed E-state index contributed by atoms with van der Waals surface area (Å²) in [6, 6.07) is 4.61. The van der Waals surface area contributed by atoms with Crippen LogP contribution in [0.3, 0.4) is 0 Å². The van der Waals surface area contributed by atoms with E-state index in [1.807, 2.05) is 0 Å². The summed E-state index contributed by atoms with van der Waals surface area (Å²) < 4.78 is 45.6. The molecule has 0 bridgehead atoms. The summed E-state index contributed by atoms with van der Waals surface area (Å²) in [7, 11) is 0. The number of anilines is 1. The van der Waals surface area contributed by atoms with Crippen LogP contribution in [0.2, 0.25) is 0 Å². The molecule has 2 atom stereocenters. The average molecular weight is 481 g/mol. The topological polar surface area (TPSA) is 48.1 Å². The van der Waals surface area contributed by atoms with Crippen molar-refractivity contribution in [1.82, 2.24) is 15.1 Å². The first-order valence-electron chi connectivity index (χ1n) is 12.7. The van der Waals surface area contributed by atoms with E-state index in [2.05, 4.69) is 20.0 Å². The maximum absolute atomic E-state index is 13.4. The second kappa shape index (κ2) is 10.0. The second-order valence-electron chi connectivity index (χ2n) is 10.1. The van der Waals surface area contributed by atoms with Crippen LogP contribution in [-0.4, -0.2) is 86.8 Å². The first kappa shape index (κ1) is 23.9. The van der Waals surface area contributed by atoms with Gasteiger partial charge in [0.1, 0.15) is 0 Å². The SMILES string of the molecule is O=C(NCCN1CCOCC1)[C@@H]1Cc2cc(C(F)(F)F)ccc2N2CCN(C3CCCC3)C[C@H]12. The van der Waals surface area contributed by atoms with Crippen LogP contribution in [0.4, 0.5) is 18.9 Å². The largest absolute Gasteiger partial charge is 0.416 e. The molecular weight excluding hydrogens is 445 g/mol. The fraction of sp³-hybridized carbons (Fsp3) is 0.720. The van der Waals surface area contributed by atoms with Crippen molar-refractivity contribution in [2.45, 2.75) is 50.4 Å². The minimum Gasteiger partial charge on any atom is -0.379 e. The van der Waals surface area contributed by atoms with Gasteiger partial charge in [0.15, 0.2) is 0 Å². The molecule has 2 saturated heterocycles. The third-order valence-electron chi connectivity index (χ3n) is 8.08. The van der Waals surface area contributed by atoms with Crippen LogP contribution in [0.15, 0.2) is 18.2 Å². The Labute approximate surface area is 199 Å². The number of ether oxygens (including phenoxy) is 1. The molecule has 1 N–H and O–H groups in total. The maximum atomic E-state index is 13.4. The number of benzene rings is 1. The molecule has 1 aromatic rings. The molecule has 0 unspecified atom stereocenters.